The minimum Gasteiger partial charge on any atom is -0.314 e. The quantitative estimate of drug-likeness (QED) is 0.880. The number of nitrogens with one attached hydrogen (secondary N) is 1. The summed E-state index contributed by atoms with van der Waals surface area (Å²) in [5.41, 5.74) is 2.89. The van der Waals surface area contributed by atoms with Crippen LogP contribution in [0, 0.1) is 0 Å². The Bertz CT molecular complexity index is 389. The van der Waals surface area contributed by atoms with Crippen LogP contribution >= 0.6 is 0 Å². The summed E-state index contributed by atoms with van der Waals surface area (Å²) in [5.74, 6) is 0. The van der Waals surface area contributed by atoms with Crippen LogP contribution in [0.4, 0.5) is 0 Å². The van der Waals surface area contributed by atoms with Gasteiger partial charge < -0.3 is 5.32 Å². The van der Waals surface area contributed by atoms with Crippen molar-refractivity contribution < 1.29 is 0 Å². The number of aryl methyl sites for hydroxylation is 1. The Morgan fingerprint density at radius 1 is 1.05 bits per heavy atom. The van der Waals surface area contributed by atoms with Gasteiger partial charge in [-0.25, -0.2) is 0 Å². The number of benzene rings is 1. The van der Waals surface area contributed by atoms with Crippen molar-refractivity contribution in [3.63, 3.8) is 0 Å². The fourth-order valence-electron chi connectivity index (χ4n) is 3.09. The van der Waals surface area contributed by atoms with E-state index in [9.17, 15) is 0 Å². The topological polar surface area (TPSA) is 18.5 Å². The average molecular weight is 259 g/mol. The molecule has 1 aromatic rings. The molecule has 0 aromatic heterocycles. The number of piperazine rings is 1. The molecular weight excluding hydrogens is 234 g/mol. The molecule has 2 saturated heterocycles. The van der Waals surface area contributed by atoms with Gasteiger partial charge in [-0.3, -0.25) is 9.80 Å². The summed E-state index contributed by atoms with van der Waals surface area (Å²) in [4.78, 5) is 5.21. The Labute approximate surface area is 116 Å². The van der Waals surface area contributed by atoms with Gasteiger partial charge in [0, 0.05) is 51.9 Å². The van der Waals surface area contributed by atoms with Crippen molar-refractivity contribution in [2.75, 3.05) is 39.3 Å². The number of rotatable bonds is 4. The molecule has 3 nitrogen and oxygen atoms in total. The van der Waals surface area contributed by atoms with Gasteiger partial charge >= 0.3 is 0 Å². The number of nitrogens with zero attached hydrogens (tertiary/aromatic N) is 2. The molecule has 2 aliphatic heterocycles. The molecule has 19 heavy (non-hydrogen) atoms. The van der Waals surface area contributed by atoms with E-state index < -0.39 is 0 Å². The van der Waals surface area contributed by atoms with Crippen LogP contribution in [0.3, 0.4) is 0 Å². The maximum Gasteiger partial charge on any atom is 0.0351 e. The SMILES string of the molecule is CCc1ccc(CN2CC(N3CCNCC3)C2)cc1. The second-order valence-electron chi connectivity index (χ2n) is 5.80. The van der Waals surface area contributed by atoms with E-state index in [2.05, 4.69) is 46.3 Å². The van der Waals surface area contributed by atoms with Crippen LogP contribution in [0.2, 0.25) is 0 Å². The summed E-state index contributed by atoms with van der Waals surface area (Å²) in [7, 11) is 0. The molecule has 0 spiro atoms. The lowest BCUT2D eigenvalue weighted by Crippen LogP contribution is -2.62. The summed E-state index contributed by atoms with van der Waals surface area (Å²) >= 11 is 0. The second-order valence-corrected chi connectivity index (χ2v) is 5.80. The van der Waals surface area contributed by atoms with Crippen LogP contribution in [-0.2, 0) is 13.0 Å². The molecule has 2 heterocycles. The first-order valence-electron chi connectivity index (χ1n) is 7.60. The van der Waals surface area contributed by atoms with Gasteiger partial charge in [0.25, 0.3) is 0 Å². The van der Waals surface area contributed by atoms with Gasteiger partial charge in [0.1, 0.15) is 0 Å². The molecule has 0 saturated carbocycles. The summed E-state index contributed by atoms with van der Waals surface area (Å²) < 4.78 is 0. The van der Waals surface area contributed by atoms with Gasteiger partial charge in [-0.2, -0.15) is 0 Å². The lowest BCUT2D eigenvalue weighted by atomic mass is 10.0. The molecule has 3 rings (SSSR count). The van der Waals surface area contributed by atoms with E-state index in [0.717, 1.165) is 32.1 Å². The molecule has 0 aliphatic carbocycles. The highest BCUT2D eigenvalue weighted by Crippen LogP contribution is 2.18. The van der Waals surface area contributed by atoms with Crippen molar-refractivity contribution >= 4 is 0 Å². The van der Waals surface area contributed by atoms with E-state index in [1.807, 2.05) is 0 Å². The van der Waals surface area contributed by atoms with Crippen molar-refractivity contribution in [3.05, 3.63) is 35.4 Å². The Kier molecular flexibility index (Phi) is 4.16. The maximum absolute atomic E-state index is 3.42. The fourth-order valence-corrected chi connectivity index (χ4v) is 3.09. The molecule has 0 bridgehead atoms. The Hall–Kier alpha value is -0.900. The van der Waals surface area contributed by atoms with Gasteiger partial charge in [0.05, 0.1) is 0 Å². The number of hydrogen-bond donors (Lipinski definition) is 1. The van der Waals surface area contributed by atoms with Gasteiger partial charge in [-0.15, -0.1) is 0 Å². The normalized spacial score (nSPS) is 22.4. The summed E-state index contributed by atoms with van der Waals surface area (Å²) in [6.07, 6.45) is 1.13. The Balaban J connectivity index is 1.45. The summed E-state index contributed by atoms with van der Waals surface area (Å²) in [5, 5.41) is 3.42. The van der Waals surface area contributed by atoms with Crippen molar-refractivity contribution in [1.82, 2.24) is 15.1 Å². The van der Waals surface area contributed by atoms with Gasteiger partial charge in [-0.1, -0.05) is 31.2 Å². The van der Waals surface area contributed by atoms with E-state index in [4.69, 9.17) is 0 Å². The standard InChI is InChI=1S/C16H25N3/c1-2-14-3-5-15(6-4-14)11-18-12-16(13-18)19-9-7-17-8-10-19/h3-6,16-17H,2,7-13H2,1H3. The summed E-state index contributed by atoms with van der Waals surface area (Å²) in [6.45, 7) is 10.6. The average Bonchev–Trinajstić information content (AvgIpc) is 2.44. The molecule has 2 fully saturated rings. The molecule has 0 amide bonds. The highest BCUT2D eigenvalue weighted by molar-refractivity contribution is 5.22. The van der Waals surface area contributed by atoms with E-state index >= 15 is 0 Å². The van der Waals surface area contributed by atoms with Gasteiger partial charge in [0.2, 0.25) is 0 Å². The molecule has 0 unspecified atom stereocenters. The molecule has 3 heteroatoms. The fraction of sp³-hybridized carbons (Fsp3) is 0.625. The first-order chi connectivity index (χ1) is 9.35. The number of hydrogen-bond acceptors (Lipinski definition) is 3. The zero-order valence-corrected chi connectivity index (χ0v) is 11.9. The minimum absolute atomic E-state index is 0.803. The highest BCUT2D eigenvalue weighted by Gasteiger charge is 2.31. The zero-order chi connectivity index (χ0) is 13.1. The Morgan fingerprint density at radius 2 is 1.68 bits per heavy atom. The minimum atomic E-state index is 0.803. The molecule has 1 N–H and O–H groups in total. The van der Waals surface area contributed by atoms with Gasteiger partial charge in [-0.05, 0) is 17.5 Å². The second kappa shape index (κ2) is 6.04. The molecule has 0 atom stereocenters. The van der Waals surface area contributed by atoms with Crippen LogP contribution < -0.4 is 5.32 Å². The van der Waals surface area contributed by atoms with E-state index in [1.54, 1.807) is 0 Å². The molecule has 1 aromatic carbocycles. The summed E-state index contributed by atoms with van der Waals surface area (Å²) in [6, 6.07) is 9.91. The third kappa shape index (κ3) is 3.16. The largest absolute Gasteiger partial charge is 0.314 e. The van der Waals surface area contributed by atoms with Crippen molar-refractivity contribution in [2.45, 2.75) is 25.9 Å². The third-order valence-corrected chi connectivity index (χ3v) is 4.44. The molecule has 2 aliphatic rings. The van der Waals surface area contributed by atoms with Crippen LogP contribution in [0.25, 0.3) is 0 Å². The van der Waals surface area contributed by atoms with Crippen molar-refractivity contribution in [1.29, 1.82) is 0 Å². The van der Waals surface area contributed by atoms with Crippen LogP contribution in [-0.4, -0.2) is 55.1 Å². The lowest BCUT2D eigenvalue weighted by molar-refractivity contribution is 0.0223. The predicted molar refractivity (Wildman–Crippen MR) is 79.3 cm³/mol. The van der Waals surface area contributed by atoms with Crippen LogP contribution in [0.1, 0.15) is 18.1 Å². The highest BCUT2D eigenvalue weighted by atomic mass is 15.3. The van der Waals surface area contributed by atoms with Crippen LogP contribution in [0.15, 0.2) is 24.3 Å². The van der Waals surface area contributed by atoms with Crippen molar-refractivity contribution in [3.8, 4) is 0 Å². The Morgan fingerprint density at radius 3 is 2.32 bits per heavy atom. The molecule has 0 radical (unpaired) electrons. The van der Waals surface area contributed by atoms with Gasteiger partial charge in [0.15, 0.2) is 0 Å². The van der Waals surface area contributed by atoms with Crippen molar-refractivity contribution in [2.24, 2.45) is 0 Å². The smallest absolute Gasteiger partial charge is 0.0351 e. The monoisotopic (exact) mass is 259 g/mol. The predicted octanol–water partition coefficient (Wildman–Crippen LogP) is 1.34. The number of likely N-dealkylation sites (tertiary alicyclic amines) is 1. The van der Waals surface area contributed by atoms with E-state index in [0.29, 0.717) is 0 Å². The molecule has 104 valence electrons. The zero-order valence-electron chi connectivity index (χ0n) is 11.9. The van der Waals surface area contributed by atoms with E-state index in [-0.39, 0.29) is 0 Å². The first-order valence-corrected chi connectivity index (χ1v) is 7.60. The van der Waals surface area contributed by atoms with E-state index in [1.165, 1.54) is 37.3 Å². The lowest BCUT2D eigenvalue weighted by Gasteiger charge is -2.46. The maximum atomic E-state index is 3.42. The molecular formula is C16H25N3. The van der Waals surface area contributed by atoms with Crippen LogP contribution in [0.5, 0.6) is 0 Å². The third-order valence-electron chi connectivity index (χ3n) is 4.44. The first kappa shape index (κ1) is 13.1.